The van der Waals surface area contributed by atoms with Gasteiger partial charge in [-0.2, -0.15) is 0 Å². The van der Waals surface area contributed by atoms with Gasteiger partial charge < -0.3 is 24.6 Å². The third kappa shape index (κ3) is 4.41. The number of ether oxygens (including phenoxy) is 2. The first-order chi connectivity index (χ1) is 15.0. The molecule has 3 aliphatic heterocycles. The van der Waals surface area contributed by atoms with Gasteiger partial charge in [-0.15, -0.1) is 11.3 Å². The second-order valence-electron chi connectivity index (χ2n) is 8.01. The molecule has 4 heterocycles. The zero-order valence-corrected chi connectivity index (χ0v) is 17.6. The molecule has 0 saturated carbocycles. The molecule has 1 aromatic carbocycles. The van der Waals surface area contributed by atoms with Gasteiger partial charge in [0.25, 0.3) is 0 Å². The molecule has 0 radical (unpaired) electrons. The first-order valence-electron chi connectivity index (χ1n) is 10.3. The van der Waals surface area contributed by atoms with Crippen LogP contribution >= 0.6 is 11.3 Å². The van der Waals surface area contributed by atoms with Crippen LogP contribution in [0.1, 0.15) is 11.4 Å². The summed E-state index contributed by atoms with van der Waals surface area (Å²) in [6.45, 7) is 2.68. The number of hydrogen-bond acceptors (Lipinski definition) is 6. The minimum absolute atomic E-state index is 0.00711. The summed E-state index contributed by atoms with van der Waals surface area (Å²) in [4.78, 5) is 32.4. The molecule has 3 amide bonds. The third-order valence-electron chi connectivity index (χ3n) is 5.85. The van der Waals surface area contributed by atoms with Crippen LogP contribution in [0.15, 0.2) is 29.6 Å². The van der Waals surface area contributed by atoms with Gasteiger partial charge in [-0.25, -0.2) is 14.2 Å². The van der Waals surface area contributed by atoms with Crippen molar-refractivity contribution in [2.24, 2.45) is 0 Å². The number of carbonyl (C=O) groups excluding carboxylic acids is 2. The predicted octanol–water partition coefficient (Wildman–Crippen LogP) is 1.86. The lowest BCUT2D eigenvalue weighted by Gasteiger charge is -2.45. The lowest BCUT2D eigenvalue weighted by Crippen LogP contribution is -2.65. The van der Waals surface area contributed by atoms with Crippen molar-refractivity contribution in [1.82, 2.24) is 20.1 Å². The highest BCUT2D eigenvalue weighted by Crippen LogP contribution is 2.25. The summed E-state index contributed by atoms with van der Waals surface area (Å²) in [6, 6.07) is 6.10. The number of thiazole rings is 1. The summed E-state index contributed by atoms with van der Waals surface area (Å²) in [5.74, 6) is -0.398. The normalized spacial score (nSPS) is 23.8. The van der Waals surface area contributed by atoms with Gasteiger partial charge in [0.05, 0.1) is 43.6 Å². The first kappa shape index (κ1) is 20.3. The molecule has 1 N–H and O–H groups in total. The number of urea groups is 1. The molecule has 31 heavy (non-hydrogen) atoms. The molecule has 2 aromatic rings. The van der Waals surface area contributed by atoms with Crippen molar-refractivity contribution in [3.05, 3.63) is 40.5 Å². The Bertz CT molecular complexity index is 963. The zero-order valence-electron chi connectivity index (χ0n) is 16.8. The number of piperidine rings is 1. The van der Waals surface area contributed by atoms with E-state index in [-0.39, 0.29) is 42.6 Å². The Hall–Kier alpha value is -2.56. The molecule has 1 aromatic heterocycles. The van der Waals surface area contributed by atoms with E-state index >= 15 is 0 Å². The number of nitrogens with one attached hydrogen (secondary N) is 1. The van der Waals surface area contributed by atoms with Crippen molar-refractivity contribution in [3.8, 4) is 11.3 Å². The average molecular weight is 447 g/mol. The molecule has 3 aliphatic rings. The number of aromatic nitrogens is 1. The van der Waals surface area contributed by atoms with E-state index in [9.17, 15) is 14.0 Å². The van der Waals surface area contributed by atoms with Crippen LogP contribution in [0.4, 0.5) is 9.18 Å². The van der Waals surface area contributed by atoms with E-state index < -0.39 is 0 Å². The molecule has 3 fully saturated rings. The largest absolute Gasteiger partial charge is 0.367 e. The number of nitrogens with zero attached hydrogens (tertiary/aromatic N) is 3. The molecule has 0 unspecified atom stereocenters. The fourth-order valence-electron chi connectivity index (χ4n) is 4.09. The van der Waals surface area contributed by atoms with E-state index in [4.69, 9.17) is 9.47 Å². The lowest BCUT2D eigenvalue weighted by molar-refractivity contribution is -0.140. The molecule has 2 atom stereocenters. The number of likely N-dealkylation sites (tertiary alicyclic amines) is 2. The van der Waals surface area contributed by atoms with Crippen LogP contribution in [0, 0.1) is 5.82 Å². The monoisotopic (exact) mass is 446 g/mol. The van der Waals surface area contributed by atoms with Crippen LogP contribution in [0.2, 0.25) is 0 Å². The number of morpholine rings is 1. The maximum atomic E-state index is 13.1. The maximum Gasteiger partial charge on any atom is 0.320 e. The maximum absolute atomic E-state index is 13.1. The van der Waals surface area contributed by atoms with E-state index in [0.717, 1.165) is 22.7 Å². The molecule has 10 heteroatoms. The number of amides is 3. The van der Waals surface area contributed by atoms with Gasteiger partial charge in [0.1, 0.15) is 17.4 Å². The first-order valence-corrected chi connectivity index (χ1v) is 11.2. The van der Waals surface area contributed by atoms with E-state index in [1.165, 1.54) is 23.5 Å². The van der Waals surface area contributed by atoms with E-state index in [0.29, 0.717) is 32.8 Å². The highest BCUT2D eigenvalue weighted by atomic mass is 32.1. The minimum atomic E-state index is -0.271. The standard InChI is InChI=1S/C21H23FN4O4S/c22-14-3-1-13(2-4-14)17-12-31-20(24-17)11-29-15-7-26(8-15)21(28)25-6-5-18-16(9-25)23-19(27)10-30-18/h1-4,12,15-16,18H,5-11H2,(H,23,27)/t16-,18+/m1/s1. The van der Waals surface area contributed by atoms with Gasteiger partial charge in [-0.1, -0.05) is 0 Å². The summed E-state index contributed by atoms with van der Waals surface area (Å²) in [7, 11) is 0. The second-order valence-corrected chi connectivity index (χ2v) is 8.95. The molecule has 0 spiro atoms. The molecule has 8 nitrogen and oxygen atoms in total. The van der Waals surface area contributed by atoms with Crippen LogP contribution in [-0.2, 0) is 20.9 Å². The molecule has 5 rings (SSSR count). The Morgan fingerprint density at radius 2 is 2.06 bits per heavy atom. The van der Waals surface area contributed by atoms with Crippen molar-refractivity contribution in [2.75, 3.05) is 32.8 Å². The smallest absolute Gasteiger partial charge is 0.320 e. The molecule has 3 saturated heterocycles. The van der Waals surface area contributed by atoms with Gasteiger partial charge in [0.2, 0.25) is 5.91 Å². The van der Waals surface area contributed by atoms with Crippen LogP contribution in [0.5, 0.6) is 0 Å². The fraction of sp³-hybridized carbons (Fsp3) is 0.476. The number of carbonyl (C=O) groups is 2. The third-order valence-corrected chi connectivity index (χ3v) is 6.67. The van der Waals surface area contributed by atoms with E-state index in [1.807, 2.05) is 5.38 Å². The topological polar surface area (TPSA) is 84.0 Å². The number of fused-ring (bicyclic) bond motifs is 1. The van der Waals surface area contributed by atoms with Gasteiger partial charge >= 0.3 is 6.03 Å². The average Bonchev–Trinajstić information content (AvgIpc) is 3.21. The van der Waals surface area contributed by atoms with Gasteiger partial charge in [0.15, 0.2) is 0 Å². The fourth-order valence-corrected chi connectivity index (χ4v) is 4.82. The van der Waals surface area contributed by atoms with Crippen molar-refractivity contribution in [1.29, 1.82) is 0 Å². The second kappa shape index (κ2) is 8.52. The van der Waals surface area contributed by atoms with Crippen LogP contribution in [-0.4, -0.2) is 77.8 Å². The SMILES string of the molecule is O=C1CO[C@H]2CCN(C(=O)N3CC(OCc4nc(-c5ccc(F)cc5)cs4)C3)C[C@H]2N1. The quantitative estimate of drug-likeness (QED) is 0.775. The Morgan fingerprint density at radius 3 is 2.87 bits per heavy atom. The Morgan fingerprint density at radius 1 is 1.26 bits per heavy atom. The van der Waals surface area contributed by atoms with Gasteiger partial charge in [-0.3, -0.25) is 4.79 Å². The molecular formula is C21H23FN4O4S. The highest BCUT2D eigenvalue weighted by molar-refractivity contribution is 7.09. The zero-order chi connectivity index (χ0) is 21.4. The minimum Gasteiger partial charge on any atom is -0.367 e. The molecule has 164 valence electrons. The van der Waals surface area contributed by atoms with Crippen molar-refractivity contribution < 1.29 is 23.5 Å². The van der Waals surface area contributed by atoms with Crippen LogP contribution < -0.4 is 5.32 Å². The Balaban J connectivity index is 1.07. The number of hydrogen-bond donors (Lipinski definition) is 1. The van der Waals surface area contributed by atoms with Crippen molar-refractivity contribution >= 4 is 23.3 Å². The lowest BCUT2D eigenvalue weighted by atomic mass is 10.0. The molecule has 0 aliphatic carbocycles. The molecule has 0 bridgehead atoms. The summed E-state index contributed by atoms with van der Waals surface area (Å²) >= 11 is 1.50. The predicted molar refractivity (Wildman–Crippen MR) is 111 cm³/mol. The van der Waals surface area contributed by atoms with E-state index in [2.05, 4.69) is 10.3 Å². The summed E-state index contributed by atoms with van der Waals surface area (Å²) < 4.78 is 24.5. The van der Waals surface area contributed by atoms with Gasteiger partial charge in [-0.05, 0) is 30.7 Å². The van der Waals surface area contributed by atoms with Gasteiger partial charge in [0, 0.05) is 24.0 Å². The Labute approximate surface area is 182 Å². The summed E-state index contributed by atoms with van der Waals surface area (Å²) in [5, 5.41) is 5.69. The Kier molecular flexibility index (Phi) is 5.59. The van der Waals surface area contributed by atoms with Crippen LogP contribution in [0.3, 0.4) is 0 Å². The van der Waals surface area contributed by atoms with Crippen LogP contribution in [0.25, 0.3) is 11.3 Å². The van der Waals surface area contributed by atoms with Crippen molar-refractivity contribution in [2.45, 2.75) is 31.3 Å². The van der Waals surface area contributed by atoms with E-state index in [1.54, 1.807) is 21.9 Å². The summed E-state index contributed by atoms with van der Waals surface area (Å²) in [6.07, 6.45) is 0.704. The summed E-state index contributed by atoms with van der Waals surface area (Å²) in [5.41, 5.74) is 1.67. The van der Waals surface area contributed by atoms with Crippen molar-refractivity contribution in [3.63, 3.8) is 0 Å². The molecular weight excluding hydrogens is 423 g/mol. The highest BCUT2D eigenvalue weighted by Gasteiger charge is 2.40. The number of benzene rings is 1. The number of halogens is 1. The number of rotatable bonds is 4.